The minimum atomic E-state index is -1.20. The van der Waals surface area contributed by atoms with Gasteiger partial charge in [0.1, 0.15) is 17.3 Å². The van der Waals surface area contributed by atoms with E-state index in [-0.39, 0.29) is 5.84 Å². The number of hydrogen-bond donors (Lipinski definition) is 2. The van der Waals surface area contributed by atoms with E-state index in [2.05, 4.69) is 43.0 Å². The maximum absolute atomic E-state index is 13.1. The maximum Gasteiger partial charge on any atom is 0.340 e. The third-order valence-electron chi connectivity index (χ3n) is 7.31. The molecule has 0 radical (unpaired) electrons. The van der Waals surface area contributed by atoms with Gasteiger partial charge in [-0.2, -0.15) is 0 Å². The quantitative estimate of drug-likeness (QED) is 0.199. The zero-order valence-corrected chi connectivity index (χ0v) is 21.0. The topological polar surface area (TPSA) is 88.6 Å². The number of amidine groups is 1. The number of fused-ring (bicyclic) bond motifs is 6. The number of rotatable bonds is 4. The van der Waals surface area contributed by atoms with E-state index in [9.17, 15) is 4.79 Å². The molecular formula is C31H27N3O3. The molecule has 0 aromatic heterocycles. The normalized spacial score (nSPS) is 16.9. The van der Waals surface area contributed by atoms with E-state index in [0.717, 1.165) is 34.6 Å². The van der Waals surface area contributed by atoms with Crippen molar-refractivity contribution in [3.05, 3.63) is 118 Å². The molecule has 6 nitrogen and oxygen atoms in total. The Balaban J connectivity index is 1.59. The molecule has 0 saturated carbocycles. The number of ether oxygens (including phenoxy) is 2. The van der Waals surface area contributed by atoms with Crippen molar-refractivity contribution in [1.29, 1.82) is 5.41 Å². The van der Waals surface area contributed by atoms with Crippen LogP contribution in [0.3, 0.4) is 0 Å². The predicted molar refractivity (Wildman–Crippen MR) is 144 cm³/mol. The molecule has 184 valence electrons. The summed E-state index contributed by atoms with van der Waals surface area (Å²) in [5.74, 6) is 0.759. The van der Waals surface area contributed by atoms with Crippen LogP contribution in [-0.4, -0.2) is 18.3 Å². The average molecular weight is 490 g/mol. The second kappa shape index (κ2) is 8.23. The van der Waals surface area contributed by atoms with E-state index in [1.54, 1.807) is 6.07 Å². The van der Waals surface area contributed by atoms with Crippen LogP contribution < -0.4 is 15.4 Å². The number of benzene rings is 4. The van der Waals surface area contributed by atoms with Crippen molar-refractivity contribution < 1.29 is 14.3 Å². The summed E-state index contributed by atoms with van der Waals surface area (Å²) in [6, 6.07) is 25.6. The monoisotopic (exact) mass is 489 g/mol. The van der Waals surface area contributed by atoms with Crippen LogP contribution in [0.1, 0.15) is 50.7 Å². The molecule has 37 heavy (non-hydrogen) atoms. The van der Waals surface area contributed by atoms with Crippen molar-refractivity contribution >= 4 is 23.2 Å². The Labute approximate surface area is 215 Å². The van der Waals surface area contributed by atoms with Crippen LogP contribution in [0.2, 0.25) is 0 Å². The molecule has 1 unspecified atom stereocenters. The first-order chi connectivity index (χ1) is 17.8. The fourth-order valence-electron chi connectivity index (χ4n) is 5.51. The summed E-state index contributed by atoms with van der Waals surface area (Å²) in [5, 5.41) is 8.10. The first kappa shape index (κ1) is 22.9. The van der Waals surface area contributed by atoms with Crippen LogP contribution in [0.15, 0.2) is 78.9 Å². The molecule has 1 spiro atoms. The van der Waals surface area contributed by atoms with Crippen molar-refractivity contribution in [3.63, 3.8) is 0 Å². The summed E-state index contributed by atoms with van der Waals surface area (Å²) >= 11 is 0. The molecule has 0 amide bonds. The summed E-state index contributed by atoms with van der Waals surface area (Å²) in [6.07, 6.45) is 0. The van der Waals surface area contributed by atoms with Gasteiger partial charge in [-0.1, -0.05) is 35.9 Å². The number of nitrogens with one attached hydrogen (secondary N) is 1. The number of anilines is 2. The van der Waals surface area contributed by atoms with Gasteiger partial charge < -0.3 is 20.1 Å². The van der Waals surface area contributed by atoms with E-state index < -0.39 is 11.6 Å². The van der Waals surface area contributed by atoms with Crippen LogP contribution in [-0.2, 0) is 10.3 Å². The highest BCUT2D eigenvalue weighted by atomic mass is 16.6. The zero-order chi connectivity index (χ0) is 25.9. The number of carbonyl (C=O) groups excluding carboxylic acids is 1. The predicted octanol–water partition coefficient (Wildman–Crippen LogP) is 6.31. The number of hydrogen-bond acceptors (Lipinski definition) is 5. The lowest BCUT2D eigenvalue weighted by Gasteiger charge is -2.37. The van der Waals surface area contributed by atoms with Crippen LogP contribution >= 0.6 is 0 Å². The molecule has 4 aromatic carbocycles. The minimum Gasteiger partial charge on any atom is -0.456 e. The standard InChI is InChI=1S/C31H27N3O3/c1-4-34(20-11-9-18(2)10-12-20)21-13-14-25-28(16-21)36-27-15-19(3)23(29(32)33)17-26(27)31(25)24-8-6-5-7-22(24)30(35)37-31/h5-17H,4H2,1-3H3,(H3,32,33). The minimum absolute atomic E-state index is 0.0501. The third-order valence-corrected chi connectivity index (χ3v) is 7.31. The summed E-state index contributed by atoms with van der Waals surface area (Å²) < 4.78 is 12.8. The van der Waals surface area contributed by atoms with Gasteiger partial charge in [0.2, 0.25) is 0 Å². The second-order valence-electron chi connectivity index (χ2n) is 9.56. The Kier molecular flexibility index (Phi) is 5.09. The van der Waals surface area contributed by atoms with E-state index >= 15 is 0 Å². The second-order valence-corrected chi connectivity index (χ2v) is 9.56. The summed E-state index contributed by atoms with van der Waals surface area (Å²) in [6.45, 7) is 6.84. The van der Waals surface area contributed by atoms with Gasteiger partial charge in [-0.3, -0.25) is 5.41 Å². The molecule has 6 rings (SSSR count). The fourth-order valence-corrected chi connectivity index (χ4v) is 5.51. The Hall–Kier alpha value is -4.58. The van der Waals surface area contributed by atoms with Gasteiger partial charge >= 0.3 is 5.97 Å². The largest absolute Gasteiger partial charge is 0.456 e. The summed E-state index contributed by atoms with van der Waals surface area (Å²) in [7, 11) is 0. The number of aryl methyl sites for hydroxylation is 2. The number of nitrogens with two attached hydrogens (primary N) is 1. The highest BCUT2D eigenvalue weighted by Gasteiger charge is 2.53. The van der Waals surface area contributed by atoms with Crippen LogP contribution in [0.5, 0.6) is 11.5 Å². The van der Waals surface area contributed by atoms with Gasteiger partial charge in [0.05, 0.1) is 5.56 Å². The highest BCUT2D eigenvalue weighted by molar-refractivity contribution is 5.99. The molecule has 0 bridgehead atoms. The van der Waals surface area contributed by atoms with Gasteiger partial charge in [-0.15, -0.1) is 0 Å². The Morgan fingerprint density at radius 2 is 1.59 bits per heavy atom. The summed E-state index contributed by atoms with van der Waals surface area (Å²) in [4.78, 5) is 15.4. The summed E-state index contributed by atoms with van der Waals surface area (Å²) in [5.41, 5.74) is 12.0. The Morgan fingerprint density at radius 1 is 0.892 bits per heavy atom. The van der Waals surface area contributed by atoms with Gasteiger partial charge in [-0.25, -0.2) is 4.79 Å². The van der Waals surface area contributed by atoms with E-state index in [4.69, 9.17) is 20.6 Å². The molecule has 2 aliphatic heterocycles. The lowest BCUT2D eigenvalue weighted by atomic mass is 9.76. The first-order valence-corrected chi connectivity index (χ1v) is 12.3. The number of esters is 1. The van der Waals surface area contributed by atoms with Gasteiger partial charge in [0, 0.05) is 46.2 Å². The van der Waals surface area contributed by atoms with Crippen LogP contribution in [0.4, 0.5) is 11.4 Å². The molecule has 0 saturated heterocycles. The van der Waals surface area contributed by atoms with Crippen molar-refractivity contribution in [2.75, 3.05) is 11.4 Å². The smallest absolute Gasteiger partial charge is 0.340 e. The Bertz CT molecular complexity index is 1590. The number of nitrogens with zero attached hydrogens (tertiary/aromatic N) is 1. The lowest BCUT2D eigenvalue weighted by Crippen LogP contribution is -2.34. The number of nitrogen functional groups attached to an aromatic ring is 1. The molecule has 3 N–H and O–H groups in total. The van der Waals surface area contributed by atoms with Crippen LogP contribution in [0, 0.1) is 19.3 Å². The third kappa shape index (κ3) is 3.33. The lowest BCUT2D eigenvalue weighted by molar-refractivity contribution is 0.0224. The molecule has 4 aromatic rings. The highest BCUT2D eigenvalue weighted by Crippen LogP contribution is 2.57. The molecule has 0 aliphatic carbocycles. The van der Waals surface area contributed by atoms with Crippen molar-refractivity contribution in [2.24, 2.45) is 5.73 Å². The number of carbonyl (C=O) groups is 1. The molecule has 2 heterocycles. The zero-order valence-electron chi connectivity index (χ0n) is 21.0. The maximum atomic E-state index is 13.1. The van der Waals surface area contributed by atoms with Crippen molar-refractivity contribution in [2.45, 2.75) is 26.4 Å². The van der Waals surface area contributed by atoms with Crippen LogP contribution in [0.25, 0.3) is 0 Å². The first-order valence-electron chi connectivity index (χ1n) is 12.3. The van der Waals surface area contributed by atoms with E-state index in [1.807, 2.05) is 55.5 Å². The van der Waals surface area contributed by atoms with Crippen molar-refractivity contribution in [3.8, 4) is 11.5 Å². The molecule has 1 atom stereocenters. The van der Waals surface area contributed by atoms with Crippen molar-refractivity contribution in [1.82, 2.24) is 0 Å². The van der Waals surface area contributed by atoms with Gasteiger partial charge in [0.25, 0.3) is 0 Å². The fraction of sp³-hybridized carbons (Fsp3) is 0.161. The van der Waals surface area contributed by atoms with Gasteiger partial charge in [0.15, 0.2) is 5.60 Å². The van der Waals surface area contributed by atoms with E-state index in [0.29, 0.717) is 28.2 Å². The molecule has 6 heteroatoms. The molecule has 2 aliphatic rings. The van der Waals surface area contributed by atoms with E-state index in [1.165, 1.54) is 5.56 Å². The SMILES string of the molecule is CCN(c1ccc(C)cc1)c1ccc2c(c1)Oc1cc(C)c(C(=N)N)cc1C21OC(=O)c2ccccc21. The Morgan fingerprint density at radius 3 is 2.32 bits per heavy atom. The van der Waals surface area contributed by atoms with Gasteiger partial charge in [-0.05, 0) is 68.8 Å². The average Bonchev–Trinajstić information content (AvgIpc) is 3.18. The molecule has 0 fully saturated rings. The molecular weight excluding hydrogens is 462 g/mol.